The molecule has 1 aromatic rings. The van der Waals surface area contributed by atoms with Crippen LogP contribution in [0.15, 0.2) is 30.3 Å². The van der Waals surface area contributed by atoms with Crippen molar-refractivity contribution in [3.8, 4) is 0 Å². The topological polar surface area (TPSA) is 104 Å². The Hall–Kier alpha value is -1.63. The van der Waals surface area contributed by atoms with Gasteiger partial charge in [0, 0.05) is 6.54 Å². The van der Waals surface area contributed by atoms with Crippen LogP contribution >= 0.6 is 12.4 Å². The van der Waals surface area contributed by atoms with Crippen molar-refractivity contribution in [1.82, 2.24) is 10.6 Å². The second-order valence-electron chi connectivity index (χ2n) is 6.43. The van der Waals surface area contributed by atoms with Crippen molar-refractivity contribution in [3.63, 3.8) is 0 Å². The zero-order valence-electron chi connectivity index (χ0n) is 13.9. The number of amides is 2. The Balaban J connectivity index is 0.00000288. The number of nitrogens with two attached hydrogens (primary N) is 1. The molecule has 6 nitrogen and oxygen atoms in total. The Morgan fingerprint density at radius 2 is 1.92 bits per heavy atom. The van der Waals surface area contributed by atoms with Crippen molar-refractivity contribution in [2.75, 3.05) is 6.54 Å². The Bertz CT molecular complexity index is 553. The van der Waals surface area contributed by atoms with Crippen molar-refractivity contribution in [2.24, 2.45) is 11.7 Å². The summed E-state index contributed by atoms with van der Waals surface area (Å²) in [7, 11) is 0. The van der Waals surface area contributed by atoms with Gasteiger partial charge in [-0.05, 0) is 23.8 Å². The summed E-state index contributed by atoms with van der Waals surface area (Å²) in [5, 5.41) is 15.8. The first-order chi connectivity index (χ1) is 10.9. The van der Waals surface area contributed by atoms with E-state index in [4.69, 9.17) is 5.73 Å². The number of nitrogens with one attached hydrogen (secondary N) is 2. The van der Waals surface area contributed by atoms with E-state index in [0.717, 1.165) is 6.54 Å². The third kappa shape index (κ3) is 4.93. The minimum absolute atomic E-state index is 0. The average Bonchev–Trinajstić information content (AvgIpc) is 3.02. The molecule has 1 aromatic carbocycles. The van der Waals surface area contributed by atoms with Gasteiger partial charge in [0.25, 0.3) is 0 Å². The van der Waals surface area contributed by atoms with Gasteiger partial charge >= 0.3 is 0 Å². The molecular weight excluding hydrogens is 330 g/mol. The fourth-order valence-electron chi connectivity index (χ4n) is 2.97. The molecule has 2 rings (SSSR count). The van der Waals surface area contributed by atoms with Crippen LogP contribution in [0.4, 0.5) is 0 Å². The van der Waals surface area contributed by atoms with Crippen molar-refractivity contribution < 1.29 is 14.7 Å². The van der Waals surface area contributed by atoms with E-state index in [2.05, 4.69) is 22.8 Å². The Kier molecular flexibility index (Phi) is 7.66. The van der Waals surface area contributed by atoms with Crippen molar-refractivity contribution in [2.45, 2.75) is 44.4 Å². The van der Waals surface area contributed by atoms with E-state index in [1.807, 2.05) is 32.0 Å². The van der Waals surface area contributed by atoms with Crippen LogP contribution in [-0.2, 0) is 9.59 Å². The van der Waals surface area contributed by atoms with Gasteiger partial charge in [-0.25, -0.2) is 0 Å². The number of rotatable bonds is 6. The monoisotopic (exact) mass is 355 g/mol. The molecule has 0 bridgehead atoms. The maximum absolute atomic E-state index is 12.4. The molecule has 7 heteroatoms. The van der Waals surface area contributed by atoms with Crippen LogP contribution < -0.4 is 16.4 Å². The van der Waals surface area contributed by atoms with E-state index in [-0.39, 0.29) is 36.2 Å². The molecule has 5 N–H and O–H groups in total. The number of halogens is 1. The molecule has 2 amide bonds. The predicted molar refractivity (Wildman–Crippen MR) is 94.8 cm³/mol. The lowest BCUT2D eigenvalue weighted by atomic mass is 9.95. The lowest BCUT2D eigenvalue weighted by molar-refractivity contribution is -0.131. The number of primary amides is 1. The van der Waals surface area contributed by atoms with E-state index in [0.29, 0.717) is 6.42 Å². The summed E-state index contributed by atoms with van der Waals surface area (Å²) in [6, 6.07) is 9.04. The van der Waals surface area contributed by atoms with Gasteiger partial charge < -0.3 is 21.5 Å². The van der Waals surface area contributed by atoms with Crippen LogP contribution in [-0.4, -0.2) is 41.7 Å². The molecule has 1 aliphatic heterocycles. The van der Waals surface area contributed by atoms with E-state index in [1.54, 1.807) is 0 Å². The SMILES string of the molecule is CC(C)C(NC(=O)C1CC(c2ccccc2)CN1)C(O)C(N)=O.Cl. The maximum atomic E-state index is 12.4. The number of hydrogen-bond acceptors (Lipinski definition) is 4. The lowest BCUT2D eigenvalue weighted by Gasteiger charge is -2.27. The molecule has 0 radical (unpaired) electrons. The van der Waals surface area contributed by atoms with Crippen LogP contribution in [0.1, 0.15) is 31.7 Å². The lowest BCUT2D eigenvalue weighted by Crippen LogP contribution is -2.55. The highest BCUT2D eigenvalue weighted by atomic mass is 35.5. The second kappa shape index (κ2) is 9.01. The first-order valence-electron chi connectivity index (χ1n) is 7.96. The first kappa shape index (κ1) is 20.4. The first-order valence-corrected chi connectivity index (χ1v) is 7.96. The van der Waals surface area contributed by atoms with Gasteiger partial charge in [0.05, 0.1) is 12.1 Å². The summed E-state index contributed by atoms with van der Waals surface area (Å²) >= 11 is 0. The molecule has 1 fully saturated rings. The average molecular weight is 356 g/mol. The molecule has 0 aliphatic carbocycles. The Morgan fingerprint density at radius 1 is 1.29 bits per heavy atom. The van der Waals surface area contributed by atoms with Gasteiger partial charge in [0.2, 0.25) is 11.8 Å². The molecule has 0 saturated carbocycles. The normalized spacial score (nSPS) is 22.5. The highest BCUT2D eigenvalue weighted by Crippen LogP contribution is 2.25. The molecule has 4 atom stereocenters. The molecule has 1 saturated heterocycles. The summed E-state index contributed by atoms with van der Waals surface area (Å²) in [4.78, 5) is 23.6. The quantitative estimate of drug-likeness (QED) is 0.597. The summed E-state index contributed by atoms with van der Waals surface area (Å²) in [5.74, 6) is -0.855. The number of carbonyl (C=O) groups is 2. The van der Waals surface area contributed by atoms with Crippen molar-refractivity contribution in [1.29, 1.82) is 0 Å². The van der Waals surface area contributed by atoms with E-state index >= 15 is 0 Å². The fourth-order valence-corrected chi connectivity index (χ4v) is 2.97. The smallest absolute Gasteiger partial charge is 0.248 e. The number of aliphatic hydroxyl groups excluding tert-OH is 1. The Labute approximate surface area is 148 Å². The maximum Gasteiger partial charge on any atom is 0.248 e. The van der Waals surface area contributed by atoms with Crippen LogP contribution in [0.5, 0.6) is 0 Å². The summed E-state index contributed by atoms with van der Waals surface area (Å²) in [6.45, 7) is 4.38. The highest BCUT2D eigenvalue weighted by molar-refractivity contribution is 5.85. The van der Waals surface area contributed by atoms with Crippen LogP contribution in [0.25, 0.3) is 0 Å². The van der Waals surface area contributed by atoms with Gasteiger partial charge in [-0.1, -0.05) is 44.2 Å². The molecule has 24 heavy (non-hydrogen) atoms. The zero-order valence-corrected chi connectivity index (χ0v) is 14.8. The van der Waals surface area contributed by atoms with Crippen LogP contribution in [0.2, 0.25) is 0 Å². The molecule has 134 valence electrons. The molecular formula is C17H26ClN3O3. The third-order valence-corrected chi connectivity index (χ3v) is 4.38. The number of carbonyl (C=O) groups excluding carboxylic acids is 2. The minimum Gasteiger partial charge on any atom is -0.381 e. The van der Waals surface area contributed by atoms with Gasteiger partial charge in [-0.3, -0.25) is 9.59 Å². The summed E-state index contributed by atoms with van der Waals surface area (Å²) in [5.41, 5.74) is 6.35. The van der Waals surface area contributed by atoms with E-state index < -0.39 is 18.1 Å². The van der Waals surface area contributed by atoms with Crippen LogP contribution in [0, 0.1) is 5.92 Å². The van der Waals surface area contributed by atoms with Gasteiger partial charge in [0.1, 0.15) is 0 Å². The molecule has 0 spiro atoms. The molecule has 0 aromatic heterocycles. The van der Waals surface area contributed by atoms with Crippen LogP contribution in [0.3, 0.4) is 0 Å². The zero-order chi connectivity index (χ0) is 17.0. The second-order valence-corrected chi connectivity index (χ2v) is 6.43. The number of benzene rings is 1. The van der Waals surface area contributed by atoms with E-state index in [1.165, 1.54) is 5.56 Å². The van der Waals surface area contributed by atoms with Crippen molar-refractivity contribution in [3.05, 3.63) is 35.9 Å². The van der Waals surface area contributed by atoms with Gasteiger partial charge in [-0.2, -0.15) is 0 Å². The van der Waals surface area contributed by atoms with Gasteiger partial charge in [0.15, 0.2) is 6.10 Å². The molecule has 4 unspecified atom stereocenters. The highest BCUT2D eigenvalue weighted by Gasteiger charge is 2.34. The Morgan fingerprint density at radius 3 is 2.46 bits per heavy atom. The minimum atomic E-state index is -1.38. The van der Waals surface area contributed by atoms with E-state index in [9.17, 15) is 14.7 Å². The standard InChI is InChI=1S/C17H25N3O3.ClH/c1-10(2)14(15(21)16(18)22)20-17(23)13-8-12(9-19-13)11-6-4-3-5-7-11;/h3-7,10,12-15,19,21H,8-9H2,1-2H3,(H2,18,22)(H,20,23);1H. The van der Waals surface area contributed by atoms with Gasteiger partial charge in [-0.15, -0.1) is 12.4 Å². The predicted octanol–water partition coefficient (Wildman–Crippen LogP) is 0.541. The number of aliphatic hydroxyl groups is 1. The van der Waals surface area contributed by atoms with Crippen molar-refractivity contribution >= 4 is 24.2 Å². The summed E-state index contributed by atoms with van der Waals surface area (Å²) in [6.07, 6.45) is -0.696. The largest absolute Gasteiger partial charge is 0.381 e. The molecule has 1 heterocycles. The molecule has 1 aliphatic rings. The summed E-state index contributed by atoms with van der Waals surface area (Å²) < 4.78 is 0. The fraction of sp³-hybridized carbons (Fsp3) is 0.529. The third-order valence-electron chi connectivity index (χ3n) is 4.38. The number of hydrogen-bond donors (Lipinski definition) is 4.